The molecule has 0 aliphatic carbocycles. The molecule has 12 heteroatoms. The number of H-pyrrole nitrogens is 1. The molecule has 0 bridgehead atoms. The number of amides is 2. The molecule has 0 fully saturated rings. The molecule has 0 saturated carbocycles. The van der Waals surface area contributed by atoms with Crippen LogP contribution in [-0.2, 0) is 0 Å². The van der Waals surface area contributed by atoms with Gasteiger partial charge in [-0.05, 0) is 42.6 Å². The molecule has 6 aromatic rings. The minimum Gasteiger partial charge on any atom is -0.381 e. The standard InChI is InChI=1S/C28H23N9O3/c1-16(33-27(39)23-24(29)35-36-12-6-11-30-25(23)36)21-13-17-7-5-10-20(34-26(38)18-14-31-32-15-18)22(17)28(40)37(21)19-8-3-2-4-9-19/h2-16H,1H3,(H2,29,35)(H,31,32)(H,33,39)(H,34,38). The van der Waals surface area contributed by atoms with Crippen molar-refractivity contribution < 1.29 is 9.59 Å². The van der Waals surface area contributed by atoms with Crippen LogP contribution in [0.5, 0.6) is 0 Å². The van der Waals surface area contributed by atoms with Gasteiger partial charge < -0.3 is 16.4 Å². The molecule has 5 N–H and O–H groups in total. The summed E-state index contributed by atoms with van der Waals surface area (Å²) in [6.07, 6.45) is 6.07. The largest absolute Gasteiger partial charge is 0.381 e. The Hall–Kier alpha value is -5.78. The van der Waals surface area contributed by atoms with Gasteiger partial charge in [0, 0.05) is 30.0 Å². The fourth-order valence-corrected chi connectivity index (χ4v) is 4.68. The van der Waals surface area contributed by atoms with Crippen molar-refractivity contribution in [2.75, 3.05) is 11.1 Å². The van der Waals surface area contributed by atoms with Crippen LogP contribution in [0.15, 0.2) is 90.2 Å². The number of aromatic amines is 1. The summed E-state index contributed by atoms with van der Waals surface area (Å²) in [6, 6.07) is 17.1. The van der Waals surface area contributed by atoms with Crippen molar-refractivity contribution >= 4 is 39.7 Å². The van der Waals surface area contributed by atoms with E-state index in [1.54, 1.807) is 55.7 Å². The first-order valence-electron chi connectivity index (χ1n) is 12.4. The van der Waals surface area contributed by atoms with E-state index in [0.717, 1.165) is 0 Å². The lowest BCUT2D eigenvalue weighted by molar-refractivity contribution is 0.0940. The first kappa shape index (κ1) is 24.6. The van der Waals surface area contributed by atoms with Crippen LogP contribution in [0.1, 0.15) is 39.4 Å². The molecule has 2 aromatic carbocycles. The molecule has 4 heterocycles. The van der Waals surface area contributed by atoms with Crippen molar-refractivity contribution in [2.24, 2.45) is 0 Å². The molecule has 0 aliphatic heterocycles. The average Bonchev–Trinajstić information content (AvgIpc) is 3.61. The Bertz CT molecular complexity index is 1940. The quantitative estimate of drug-likeness (QED) is 0.255. The third-order valence-electron chi connectivity index (χ3n) is 6.54. The van der Waals surface area contributed by atoms with Gasteiger partial charge in [0.05, 0.1) is 28.9 Å². The first-order chi connectivity index (χ1) is 19.4. The number of hydrogen-bond donors (Lipinski definition) is 4. The predicted molar refractivity (Wildman–Crippen MR) is 149 cm³/mol. The number of benzene rings is 2. The molecular weight excluding hydrogens is 510 g/mol. The molecule has 1 unspecified atom stereocenters. The van der Waals surface area contributed by atoms with Crippen LogP contribution in [0.25, 0.3) is 22.1 Å². The van der Waals surface area contributed by atoms with Crippen LogP contribution in [0.3, 0.4) is 0 Å². The van der Waals surface area contributed by atoms with Crippen LogP contribution in [0.2, 0.25) is 0 Å². The lowest BCUT2D eigenvalue weighted by atomic mass is 10.1. The van der Waals surface area contributed by atoms with Crippen molar-refractivity contribution in [2.45, 2.75) is 13.0 Å². The second kappa shape index (κ2) is 9.83. The van der Waals surface area contributed by atoms with Crippen LogP contribution < -0.4 is 21.9 Å². The van der Waals surface area contributed by atoms with Crippen molar-refractivity contribution in [1.29, 1.82) is 0 Å². The topological polar surface area (TPSA) is 165 Å². The number of rotatable bonds is 6. The summed E-state index contributed by atoms with van der Waals surface area (Å²) in [5, 5.41) is 17.3. The summed E-state index contributed by atoms with van der Waals surface area (Å²) in [4.78, 5) is 44.5. The minimum atomic E-state index is -0.632. The Morgan fingerprint density at radius 3 is 2.65 bits per heavy atom. The van der Waals surface area contributed by atoms with E-state index in [9.17, 15) is 14.4 Å². The van der Waals surface area contributed by atoms with Crippen LogP contribution in [0.4, 0.5) is 11.5 Å². The van der Waals surface area contributed by atoms with E-state index in [0.29, 0.717) is 39.1 Å². The number of nitrogens with one attached hydrogen (secondary N) is 3. The molecular formula is C28H23N9O3. The molecule has 1 atom stereocenters. The Labute approximate surface area is 226 Å². The van der Waals surface area contributed by atoms with Crippen LogP contribution >= 0.6 is 0 Å². The number of fused-ring (bicyclic) bond motifs is 2. The Kier molecular flexibility index (Phi) is 6.04. The highest BCUT2D eigenvalue weighted by Crippen LogP contribution is 2.27. The Morgan fingerprint density at radius 2 is 1.88 bits per heavy atom. The monoisotopic (exact) mass is 533 g/mol. The maximum atomic E-state index is 14.1. The second-order valence-electron chi connectivity index (χ2n) is 9.10. The average molecular weight is 534 g/mol. The third-order valence-corrected chi connectivity index (χ3v) is 6.54. The number of pyridine rings is 1. The molecule has 198 valence electrons. The van der Waals surface area contributed by atoms with Gasteiger partial charge >= 0.3 is 0 Å². The highest BCUT2D eigenvalue weighted by molar-refractivity contribution is 6.09. The molecule has 0 radical (unpaired) electrons. The van der Waals surface area contributed by atoms with Gasteiger partial charge in [-0.15, -0.1) is 5.10 Å². The summed E-state index contributed by atoms with van der Waals surface area (Å²) in [5.74, 6) is -0.844. The van der Waals surface area contributed by atoms with Crippen molar-refractivity contribution in [3.05, 3.63) is 113 Å². The van der Waals surface area contributed by atoms with E-state index in [-0.39, 0.29) is 16.9 Å². The first-order valence-corrected chi connectivity index (χ1v) is 12.4. The summed E-state index contributed by atoms with van der Waals surface area (Å²) in [5.41, 5.74) is 7.96. The molecule has 0 saturated heterocycles. The number of carbonyl (C=O) groups is 2. The van der Waals surface area contributed by atoms with Gasteiger partial charge in [0.15, 0.2) is 11.5 Å². The van der Waals surface area contributed by atoms with Gasteiger partial charge in [-0.1, -0.05) is 30.3 Å². The molecule has 40 heavy (non-hydrogen) atoms. The van der Waals surface area contributed by atoms with E-state index < -0.39 is 17.9 Å². The Morgan fingerprint density at radius 1 is 1.05 bits per heavy atom. The maximum Gasteiger partial charge on any atom is 0.265 e. The van der Waals surface area contributed by atoms with Gasteiger partial charge in [-0.3, -0.25) is 24.0 Å². The summed E-state index contributed by atoms with van der Waals surface area (Å²) in [7, 11) is 0. The lowest BCUT2D eigenvalue weighted by Crippen LogP contribution is -2.32. The number of nitrogens with zero attached hydrogens (tertiary/aromatic N) is 5. The third kappa shape index (κ3) is 4.22. The van der Waals surface area contributed by atoms with Crippen molar-refractivity contribution in [3.63, 3.8) is 0 Å². The molecule has 6 rings (SSSR count). The van der Waals surface area contributed by atoms with E-state index in [1.807, 2.05) is 24.3 Å². The number of anilines is 2. The minimum absolute atomic E-state index is 0.0420. The van der Waals surface area contributed by atoms with E-state index in [4.69, 9.17) is 5.73 Å². The molecule has 0 spiro atoms. The van der Waals surface area contributed by atoms with E-state index in [2.05, 4.69) is 30.9 Å². The van der Waals surface area contributed by atoms with Crippen LogP contribution in [-0.4, -0.2) is 41.2 Å². The summed E-state index contributed by atoms with van der Waals surface area (Å²) >= 11 is 0. The Balaban J connectivity index is 1.46. The normalized spacial score (nSPS) is 11.9. The number of nitrogen functional groups attached to an aromatic ring is 1. The highest BCUT2D eigenvalue weighted by atomic mass is 16.2. The molecule has 12 nitrogen and oxygen atoms in total. The fraction of sp³-hybridized carbons (Fsp3) is 0.0714. The number of hydrogen-bond acceptors (Lipinski definition) is 7. The number of carbonyl (C=O) groups excluding carboxylic acids is 2. The number of nitrogens with two attached hydrogens (primary N) is 1. The number of aromatic nitrogens is 6. The fourth-order valence-electron chi connectivity index (χ4n) is 4.68. The predicted octanol–water partition coefficient (Wildman–Crippen LogP) is 3.08. The van der Waals surface area contributed by atoms with Gasteiger partial charge in [0.25, 0.3) is 17.4 Å². The zero-order chi connectivity index (χ0) is 27.8. The van der Waals surface area contributed by atoms with Crippen molar-refractivity contribution in [3.8, 4) is 5.69 Å². The second-order valence-corrected chi connectivity index (χ2v) is 9.10. The van der Waals surface area contributed by atoms with Gasteiger partial charge in [0.2, 0.25) is 0 Å². The molecule has 4 aromatic heterocycles. The van der Waals surface area contributed by atoms with E-state index >= 15 is 0 Å². The number of para-hydroxylation sites is 1. The lowest BCUT2D eigenvalue weighted by Gasteiger charge is -2.21. The SMILES string of the molecule is CC(NC(=O)c1c(N)nn2cccnc12)c1cc2cccc(NC(=O)c3cn[nH]c3)c2c(=O)n1-c1ccccc1. The zero-order valence-electron chi connectivity index (χ0n) is 21.2. The summed E-state index contributed by atoms with van der Waals surface area (Å²) < 4.78 is 2.96. The van der Waals surface area contributed by atoms with E-state index in [1.165, 1.54) is 21.5 Å². The van der Waals surface area contributed by atoms with Gasteiger partial charge in [-0.2, -0.15) is 5.10 Å². The zero-order valence-corrected chi connectivity index (χ0v) is 21.2. The highest BCUT2D eigenvalue weighted by Gasteiger charge is 2.24. The van der Waals surface area contributed by atoms with Gasteiger partial charge in [-0.25, -0.2) is 9.50 Å². The van der Waals surface area contributed by atoms with Gasteiger partial charge in [0.1, 0.15) is 5.56 Å². The smallest absolute Gasteiger partial charge is 0.265 e. The molecule has 0 aliphatic rings. The van der Waals surface area contributed by atoms with Crippen LogP contribution in [0, 0.1) is 0 Å². The summed E-state index contributed by atoms with van der Waals surface area (Å²) in [6.45, 7) is 1.78. The molecule has 2 amide bonds. The van der Waals surface area contributed by atoms with Crippen molar-refractivity contribution in [1.82, 2.24) is 34.7 Å². The maximum absolute atomic E-state index is 14.1.